The normalized spacial score (nSPS) is 10.4. The van der Waals surface area contributed by atoms with Crippen LogP contribution in [0.25, 0.3) is 10.2 Å². The van der Waals surface area contributed by atoms with E-state index in [0.29, 0.717) is 5.88 Å². The molecule has 4 nitrogen and oxygen atoms in total. The van der Waals surface area contributed by atoms with Crippen LogP contribution in [0, 0.1) is 0 Å². The van der Waals surface area contributed by atoms with Crippen LogP contribution in [0.4, 0.5) is 4.79 Å². The van der Waals surface area contributed by atoms with Gasteiger partial charge in [0, 0.05) is 0 Å². The average molecular weight is 239 g/mol. The van der Waals surface area contributed by atoms with Gasteiger partial charge >= 0.3 is 6.03 Å². The van der Waals surface area contributed by atoms with Crippen LogP contribution in [0.2, 0.25) is 0 Å². The van der Waals surface area contributed by atoms with Gasteiger partial charge in [-0.3, -0.25) is 0 Å². The molecule has 0 saturated carbocycles. The number of amides is 2. The number of fused-ring (bicyclic) bond motifs is 1. The highest BCUT2D eigenvalue weighted by Gasteiger charge is 2.03. The third-order valence-electron chi connectivity index (χ3n) is 1.72. The maximum Gasteiger partial charge on any atom is 0.312 e. The monoisotopic (exact) mass is 239 g/mol. The van der Waals surface area contributed by atoms with Crippen LogP contribution in [0.3, 0.4) is 0 Å². The maximum absolute atomic E-state index is 10.4. The van der Waals surface area contributed by atoms with Gasteiger partial charge in [-0.15, -0.1) is 11.3 Å². The lowest BCUT2D eigenvalue weighted by atomic mass is 10.3. The molecule has 0 atom stereocenters. The maximum atomic E-state index is 10.4. The summed E-state index contributed by atoms with van der Waals surface area (Å²) in [6, 6.07) is 7.42. The molecule has 0 bridgehead atoms. The van der Waals surface area contributed by atoms with Gasteiger partial charge < -0.3 is 11.1 Å². The number of nitrogens with one attached hydrogen (secondary N) is 1. The molecule has 0 spiro atoms. The molecular formula is C9H9N3OS2. The molecule has 2 aromatic rings. The van der Waals surface area contributed by atoms with Gasteiger partial charge in [0.1, 0.15) is 0 Å². The Bertz CT molecular complexity index is 450. The number of carbonyl (C=O) groups is 1. The summed E-state index contributed by atoms with van der Waals surface area (Å²) in [5, 5.41) is 2.51. The van der Waals surface area contributed by atoms with E-state index in [9.17, 15) is 4.79 Å². The van der Waals surface area contributed by atoms with Crippen molar-refractivity contribution in [3.05, 3.63) is 24.3 Å². The first-order valence-corrected chi connectivity index (χ1v) is 6.07. The van der Waals surface area contributed by atoms with E-state index >= 15 is 0 Å². The van der Waals surface area contributed by atoms with E-state index in [-0.39, 0.29) is 0 Å². The average Bonchev–Trinajstić information content (AvgIpc) is 2.59. The Balaban J connectivity index is 2.05. The third-order valence-corrected chi connectivity index (χ3v) is 3.78. The van der Waals surface area contributed by atoms with E-state index in [1.54, 1.807) is 11.3 Å². The lowest BCUT2D eigenvalue weighted by molar-refractivity contribution is 0.250. The number of rotatable bonds is 3. The van der Waals surface area contributed by atoms with Crippen LogP contribution < -0.4 is 11.1 Å². The molecule has 1 aromatic carbocycles. The van der Waals surface area contributed by atoms with Crippen LogP contribution in [0.15, 0.2) is 28.6 Å². The number of hydrogen-bond donors (Lipinski definition) is 2. The summed E-state index contributed by atoms with van der Waals surface area (Å²) in [4.78, 5) is 14.8. The molecule has 0 unspecified atom stereocenters. The molecule has 78 valence electrons. The van der Waals surface area contributed by atoms with Crippen molar-refractivity contribution >= 4 is 39.3 Å². The van der Waals surface area contributed by atoms with Gasteiger partial charge in [0.25, 0.3) is 0 Å². The van der Waals surface area contributed by atoms with Crippen molar-refractivity contribution in [1.29, 1.82) is 0 Å². The van der Waals surface area contributed by atoms with Crippen molar-refractivity contribution in [1.82, 2.24) is 10.3 Å². The molecule has 2 amide bonds. The molecule has 0 saturated heterocycles. The van der Waals surface area contributed by atoms with Crippen LogP contribution in [0.1, 0.15) is 0 Å². The molecule has 2 rings (SSSR count). The van der Waals surface area contributed by atoms with E-state index in [1.807, 2.05) is 24.3 Å². The number of para-hydroxylation sites is 1. The van der Waals surface area contributed by atoms with E-state index in [0.717, 1.165) is 14.6 Å². The molecule has 0 aliphatic carbocycles. The predicted octanol–water partition coefficient (Wildman–Crippen LogP) is 2.01. The SMILES string of the molecule is NC(=O)NCSc1nc2ccccc2s1. The highest BCUT2D eigenvalue weighted by molar-refractivity contribution is 8.01. The Morgan fingerprint density at radius 3 is 3.07 bits per heavy atom. The van der Waals surface area contributed by atoms with E-state index in [1.165, 1.54) is 11.8 Å². The van der Waals surface area contributed by atoms with Crippen LogP contribution in [0.5, 0.6) is 0 Å². The Morgan fingerprint density at radius 2 is 2.33 bits per heavy atom. The highest BCUT2D eigenvalue weighted by atomic mass is 32.2. The van der Waals surface area contributed by atoms with Gasteiger partial charge in [0.2, 0.25) is 0 Å². The number of primary amides is 1. The summed E-state index contributed by atoms with van der Waals surface area (Å²) in [6.07, 6.45) is 0. The molecule has 0 aliphatic heterocycles. The number of carbonyl (C=O) groups excluding carboxylic acids is 1. The molecule has 1 heterocycles. The first-order valence-electron chi connectivity index (χ1n) is 4.27. The number of urea groups is 1. The summed E-state index contributed by atoms with van der Waals surface area (Å²) < 4.78 is 2.09. The Morgan fingerprint density at radius 1 is 1.53 bits per heavy atom. The van der Waals surface area contributed by atoms with Crippen molar-refractivity contribution in [2.45, 2.75) is 4.34 Å². The number of aromatic nitrogens is 1. The van der Waals surface area contributed by atoms with E-state index in [4.69, 9.17) is 5.73 Å². The first kappa shape index (κ1) is 10.3. The van der Waals surface area contributed by atoms with Gasteiger partial charge in [-0.1, -0.05) is 23.9 Å². The summed E-state index contributed by atoms with van der Waals surface area (Å²) in [6.45, 7) is 0. The number of thioether (sulfide) groups is 1. The fraction of sp³-hybridized carbons (Fsp3) is 0.111. The predicted molar refractivity (Wildman–Crippen MR) is 63.1 cm³/mol. The summed E-state index contributed by atoms with van der Waals surface area (Å²) in [7, 11) is 0. The highest BCUT2D eigenvalue weighted by Crippen LogP contribution is 2.28. The molecule has 6 heteroatoms. The fourth-order valence-electron chi connectivity index (χ4n) is 1.08. The second-order valence-electron chi connectivity index (χ2n) is 2.78. The molecule has 3 N–H and O–H groups in total. The van der Waals surface area contributed by atoms with Crippen LogP contribution in [-0.4, -0.2) is 16.9 Å². The summed E-state index contributed by atoms with van der Waals surface area (Å²) >= 11 is 3.08. The van der Waals surface area contributed by atoms with Crippen molar-refractivity contribution < 1.29 is 4.79 Å². The zero-order valence-corrected chi connectivity index (χ0v) is 9.40. The largest absolute Gasteiger partial charge is 0.352 e. The zero-order valence-electron chi connectivity index (χ0n) is 7.77. The smallest absolute Gasteiger partial charge is 0.312 e. The summed E-state index contributed by atoms with van der Waals surface area (Å²) in [5.74, 6) is 0.454. The fourth-order valence-corrected chi connectivity index (χ4v) is 2.96. The van der Waals surface area contributed by atoms with Crippen molar-refractivity contribution in [3.8, 4) is 0 Å². The first-order chi connectivity index (χ1) is 7.25. The van der Waals surface area contributed by atoms with Gasteiger partial charge in [0.05, 0.1) is 16.1 Å². The van der Waals surface area contributed by atoms with Gasteiger partial charge in [-0.25, -0.2) is 9.78 Å². The van der Waals surface area contributed by atoms with Gasteiger partial charge in [0.15, 0.2) is 4.34 Å². The van der Waals surface area contributed by atoms with Crippen molar-refractivity contribution in [2.24, 2.45) is 5.73 Å². The number of thiazole rings is 1. The molecule has 0 aliphatic rings. The van der Waals surface area contributed by atoms with E-state index in [2.05, 4.69) is 10.3 Å². The Kier molecular flexibility index (Phi) is 3.08. The molecule has 1 aromatic heterocycles. The Labute approximate surface area is 94.9 Å². The number of hydrogen-bond acceptors (Lipinski definition) is 4. The van der Waals surface area contributed by atoms with Crippen molar-refractivity contribution in [2.75, 3.05) is 5.88 Å². The standard InChI is InChI=1S/C9H9N3OS2/c10-8(13)11-5-14-9-12-6-3-1-2-4-7(6)15-9/h1-4H,5H2,(H3,10,11,13). The molecule has 0 radical (unpaired) electrons. The minimum absolute atomic E-state index is 0.454. The second-order valence-corrected chi connectivity index (χ2v) is 5.03. The lowest BCUT2D eigenvalue weighted by Gasteiger charge is -1.96. The Hall–Kier alpha value is -1.27. The van der Waals surface area contributed by atoms with Gasteiger partial charge in [-0.2, -0.15) is 0 Å². The number of benzene rings is 1. The molecular weight excluding hydrogens is 230 g/mol. The lowest BCUT2D eigenvalue weighted by Crippen LogP contribution is -2.28. The topological polar surface area (TPSA) is 68.0 Å². The minimum atomic E-state index is -0.511. The van der Waals surface area contributed by atoms with Crippen LogP contribution in [-0.2, 0) is 0 Å². The van der Waals surface area contributed by atoms with Crippen LogP contribution >= 0.6 is 23.1 Å². The minimum Gasteiger partial charge on any atom is -0.352 e. The number of nitrogens with zero attached hydrogens (tertiary/aromatic N) is 1. The van der Waals surface area contributed by atoms with Gasteiger partial charge in [-0.05, 0) is 12.1 Å². The molecule has 15 heavy (non-hydrogen) atoms. The number of nitrogens with two attached hydrogens (primary N) is 1. The summed E-state index contributed by atoms with van der Waals surface area (Å²) in [5.41, 5.74) is 5.94. The zero-order chi connectivity index (χ0) is 10.7. The third kappa shape index (κ3) is 2.60. The van der Waals surface area contributed by atoms with E-state index < -0.39 is 6.03 Å². The van der Waals surface area contributed by atoms with Crippen molar-refractivity contribution in [3.63, 3.8) is 0 Å². The molecule has 0 fully saturated rings. The quantitative estimate of drug-likeness (QED) is 0.636. The second kappa shape index (κ2) is 4.50.